The number of anilines is 1. The second kappa shape index (κ2) is 6.81. The number of hydrogen-bond donors (Lipinski definition) is 1. The van der Waals surface area contributed by atoms with Crippen molar-refractivity contribution < 1.29 is 4.74 Å². The molecule has 4 heteroatoms. The van der Waals surface area contributed by atoms with E-state index < -0.39 is 0 Å². The summed E-state index contributed by atoms with van der Waals surface area (Å²) in [5.41, 5.74) is 3.09. The Morgan fingerprint density at radius 1 is 1.05 bits per heavy atom. The van der Waals surface area contributed by atoms with Gasteiger partial charge in [-0.15, -0.1) is 0 Å². The molecule has 0 aliphatic heterocycles. The first-order valence-corrected chi connectivity index (χ1v) is 7.50. The molecule has 1 aromatic heterocycles. The number of nitrogens with one attached hydrogen (secondary N) is 1. The molecule has 112 valence electrons. The normalized spacial score (nSPS) is 12.3. The third-order valence-electron chi connectivity index (χ3n) is 3.18. The largest absolute Gasteiger partial charge is 0.491 e. The molecule has 0 aliphatic carbocycles. The lowest BCUT2D eigenvalue weighted by atomic mass is 10.1. The summed E-state index contributed by atoms with van der Waals surface area (Å²) in [6.45, 7) is 8.11. The zero-order chi connectivity index (χ0) is 15.4. The Kier molecular flexibility index (Phi) is 5.07. The molecule has 0 amide bonds. The van der Waals surface area contributed by atoms with Crippen molar-refractivity contribution in [2.45, 2.75) is 39.8 Å². The van der Waals surface area contributed by atoms with Crippen molar-refractivity contribution in [3.8, 4) is 5.75 Å². The maximum absolute atomic E-state index is 5.88. The van der Waals surface area contributed by atoms with Crippen LogP contribution in [0.2, 0.25) is 5.15 Å². The van der Waals surface area contributed by atoms with E-state index in [1.165, 1.54) is 5.56 Å². The minimum Gasteiger partial charge on any atom is -0.491 e. The molecule has 0 bridgehead atoms. The molecule has 2 rings (SSSR count). The number of ether oxygens (including phenoxy) is 1. The first-order chi connectivity index (χ1) is 9.95. The summed E-state index contributed by atoms with van der Waals surface area (Å²) in [4.78, 5) is 4.25. The smallest absolute Gasteiger partial charge is 0.129 e. The Morgan fingerprint density at radius 3 is 2.29 bits per heavy atom. The zero-order valence-electron chi connectivity index (χ0n) is 12.9. The summed E-state index contributed by atoms with van der Waals surface area (Å²) in [5, 5.41) is 3.97. The van der Waals surface area contributed by atoms with E-state index in [1.54, 1.807) is 6.07 Å². The van der Waals surface area contributed by atoms with Gasteiger partial charge < -0.3 is 10.1 Å². The van der Waals surface area contributed by atoms with Crippen molar-refractivity contribution >= 4 is 17.3 Å². The van der Waals surface area contributed by atoms with Gasteiger partial charge in [-0.1, -0.05) is 23.7 Å². The molecule has 3 nitrogen and oxygen atoms in total. The standard InChI is InChI=1S/C17H21ClN2O/c1-11(2)21-15-7-5-14(6-8-15)12(3)19-16-9-10-17(18)20-13(16)4/h5-12,19H,1-4H3. The SMILES string of the molecule is Cc1nc(Cl)ccc1NC(C)c1ccc(OC(C)C)cc1. The van der Waals surface area contributed by atoms with E-state index in [0.29, 0.717) is 5.15 Å². The van der Waals surface area contributed by atoms with E-state index in [0.717, 1.165) is 17.1 Å². The second-order valence-electron chi connectivity index (χ2n) is 5.37. The lowest BCUT2D eigenvalue weighted by Gasteiger charge is -2.18. The Bertz CT molecular complexity index is 596. The first kappa shape index (κ1) is 15.6. The lowest BCUT2D eigenvalue weighted by Crippen LogP contribution is -2.09. The van der Waals surface area contributed by atoms with Crippen molar-refractivity contribution in [3.63, 3.8) is 0 Å². The third kappa shape index (κ3) is 4.36. The summed E-state index contributed by atoms with van der Waals surface area (Å²) >= 11 is 5.88. The van der Waals surface area contributed by atoms with Crippen LogP contribution in [0, 0.1) is 6.92 Å². The Hall–Kier alpha value is -1.74. The van der Waals surface area contributed by atoms with Gasteiger partial charge in [0.25, 0.3) is 0 Å². The van der Waals surface area contributed by atoms with Crippen molar-refractivity contribution in [2.24, 2.45) is 0 Å². The minimum atomic E-state index is 0.180. The summed E-state index contributed by atoms with van der Waals surface area (Å²) in [7, 11) is 0. The minimum absolute atomic E-state index is 0.180. The van der Waals surface area contributed by atoms with Crippen LogP contribution in [0.1, 0.15) is 38.1 Å². The quantitative estimate of drug-likeness (QED) is 0.789. The van der Waals surface area contributed by atoms with E-state index >= 15 is 0 Å². The lowest BCUT2D eigenvalue weighted by molar-refractivity contribution is 0.242. The van der Waals surface area contributed by atoms with E-state index in [2.05, 4.69) is 29.4 Å². The van der Waals surface area contributed by atoms with Crippen LogP contribution in [0.3, 0.4) is 0 Å². The van der Waals surface area contributed by atoms with Gasteiger partial charge in [0.15, 0.2) is 0 Å². The van der Waals surface area contributed by atoms with Crippen molar-refractivity contribution in [1.29, 1.82) is 0 Å². The van der Waals surface area contributed by atoms with Gasteiger partial charge in [0.1, 0.15) is 10.9 Å². The molecule has 1 unspecified atom stereocenters. The fourth-order valence-electron chi connectivity index (χ4n) is 2.11. The van der Waals surface area contributed by atoms with Gasteiger partial charge in [-0.05, 0) is 57.5 Å². The average molecular weight is 305 g/mol. The predicted octanol–water partition coefficient (Wildman–Crippen LogP) is 5.00. The molecule has 1 aromatic carbocycles. The highest BCUT2D eigenvalue weighted by Crippen LogP contribution is 2.24. The number of halogens is 1. The van der Waals surface area contributed by atoms with E-state index in [4.69, 9.17) is 16.3 Å². The number of rotatable bonds is 5. The van der Waals surface area contributed by atoms with Gasteiger partial charge in [0, 0.05) is 6.04 Å². The van der Waals surface area contributed by atoms with Crippen molar-refractivity contribution in [2.75, 3.05) is 5.32 Å². The maximum atomic E-state index is 5.88. The number of benzene rings is 1. The molecule has 0 aliphatic rings. The number of hydrogen-bond acceptors (Lipinski definition) is 3. The molecular weight excluding hydrogens is 284 g/mol. The van der Waals surface area contributed by atoms with Crippen molar-refractivity contribution in [1.82, 2.24) is 4.98 Å². The molecule has 1 atom stereocenters. The monoisotopic (exact) mass is 304 g/mol. The second-order valence-corrected chi connectivity index (χ2v) is 5.76. The number of aromatic nitrogens is 1. The van der Waals surface area contributed by atoms with E-state index in [1.807, 2.05) is 39.0 Å². The molecule has 0 saturated heterocycles. The molecule has 0 saturated carbocycles. The molecule has 21 heavy (non-hydrogen) atoms. The molecule has 2 aromatic rings. The molecule has 0 fully saturated rings. The Balaban J connectivity index is 2.07. The van der Waals surface area contributed by atoms with Crippen LogP contribution in [0.5, 0.6) is 5.75 Å². The molecule has 1 heterocycles. The summed E-state index contributed by atoms with van der Waals surface area (Å²) in [6, 6.07) is 12.1. The summed E-state index contributed by atoms with van der Waals surface area (Å²) in [6.07, 6.45) is 0.189. The van der Waals surface area contributed by atoms with Crippen LogP contribution in [0.25, 0.3) is 0 Å². The average Bonchev–Trinajstić information content (AvgIpc) is 2.42. The van der Waals surface area contributed by atoms with Gasteiger partial charge in [0.2, 0.25) is 0 Å². The van der Waals surface area contributed by atoms with Crippen LogP contribution in [0.15, 0.2) is 36.4 Å². The van der Waals surface area contributed by atoms with Gasteiger partial charge in [-0.2, -0.15) is 0 Å². The zero-order valence-corrected chi connectivity index (χ0v) is 13.6. The fourth-order valence-corrected chi connectivity index (χ4v) is 2.30. The predicted molar refractivity (Wildman–Crippen MR) is 88.2 cm³/mol. The van der Waals surface area contributed by atoms with Gasteiger partial charge in [-0.25, -0.2) is 4.98 Å². The van der Waals surface area contributed by atoms with Crippen LogP contribution < -0.4 is 10.1 Å². The van der Waals surface area contributed by atoms with Crippen LogP contribution in [-0.4, -0.2) is 11.1 Å². The Labute approximate surface area is 131 Å². The highest BCUT2D eigenvalue weighted by atomic mass is 35.5. The number of nitrogens with zero attached hydrogens (tertiary/aromatic N) is 1. The first-order valence-electron chi connectivity index (χ1n) is 7.12. The van der Waals surface area contributed by atoms with E-state index in [-0.39, 0.29) is 12.1 Å². The van der Waals surface area contributed by atoms with Crippen LogP contribution in [-0.2, 0) is 0 Å². The highest BCUT2D eigenvalue weighted by Gasteiger charge is 2.08. The molecule has 1 N–H and O–H groups in total. The van der Waals surface area contributed by atoms with E-state index in [9.17, 15) is 0 Å². The van der Waals surface area contributed by atoms with Crippen molar-refractivity contribution in [3.05, 3.63) is 52.8 Å². The molecule has 0 spiro atoms. The topological polar surface area (TPSA) is 34.2 Å². The number of aryl methyl sites for hydroxylation is 1. The van der Waals surface area contributed by atoms with Crippen LogP contribution >= 0.6 is 11.6 Å². The summed E-state index contributed by atoms with van der Waals surface area (Å²) in [5.74, 6) is 0.894. The highest BCUT2D eigenvalue weighted by molar-refractivity contribution is 6.29. The third-order valence-corrected chi connectivity index (χ3v) is 3.39. The van der Waals surface area contributed by atoms with Gasteiger partial charge >= 0.3 is 0 Å². The number of pyridine rings is 1. The molecule has 0 radical (unpaired) electrons. The molecular formula is C17H21ClN2O. The fraction of sp³-hybridized carbons (Fsp3) is 0.353. The van der Waals surface area contributed by atoms with Gasteiger partial charge in [-0.3, -0.25) is 0 Å². The van der Waals surface area contributed by atoms with Gasteiger partial charge in [0.05, 0.1) is 17.5 Å². The summed E-state index contributed by atoms with van der Waals surface area (Å²) < 4.78 is 5.65. The maximum Gasteiger partial charge on any atom is 0.129 e. The Morgan fingerprint density at radius 2 is 1.71 bits per heavy atom. The van der Waals surface area contributed by atoms with Crippen LogP contribution in [0.4, 0.5) is 5.69 Å².